The molecule has 7 rings (SSSR count). The highest BCUT2D eigenvalue weighted by Gasteiger charge is 2.53. The molecular formula is C35H35NOSi. The fraction of sp³-hybridized carbons (Fsp3) is 0.257. The Morgan fingerprint density at radius 2 is 1.47 bits per heavy atom. The fourth-order valence-corrected chi connectivity index (χ4v) is 14.4. The van der Waals surface area contributed by atoms with Crippen LogP contribution in [-0.4, -0.2) is 25.9 Å². The summed E-state index contributed by atoms with van der Waals surface area (Å²) >= 11 is 0. The fourth-order valence-electron chi connectivity index (χ4n) is 7.69. The standard InChI is InChI=1S/C35H35NOSi/c1-26-12-8-11-19-35(26)38(30-22-23-37-25-30,28-15-6-3-7-16-28)29-20-21-34-32(24-29)31-17-9-10-18-33(31)36(34)27-13-4-2-5-14-27/h2-10,12-18,20-21,24,26,30,35H,11,19,22-23,25H2,1H3. The molecule has 190 valence electrons. The summed E-state index contributed by atoms with van der Waals surface area (Å²) in [6, 6.07) is 38.8. The summed E-state index contributed by atoms with van der Waals surface area (Å²) in [5.41, 5.74) is 5.02. The lowest BCUT2D eigenvalue weighted by Crippen LogP contribution is -2.66. The summed E-state index contributed by atoms with van der Waals surface area (Å²) in [7, 11) is -2.24. The normalized spacial score (nSPS) is 23.1. The quantitative estimate of drug-likeness (QED) is 0.175. The third-order valence-corrected chi connectivity index (χ3v) is 15.6. The van der Waals surface area contributed by atoms with E-state index in [0.29, 0.717) is 17.0 Å². The molecule has 0 bridgehead atoms. The largest absolute Gasteiger partial charge is 0.381 e. The van der Waals surface area contributed by atoms with Crippen LogP contribution in [0, 0.1) is 5.92 Å². The lowest BCUT2D eigenvalue weighted by molar-refractivity contribution is 0.197. The second-order valence-corrected chi connectivity index (χ2v) is 15.6. The Bertz CT molecular complexity index is 1600. The highest BCUT2D eigenvalue weighted by atomic mass is 28.3. The number of rotatable bonds is 5. The van der Waals surface area contributed by atoms with Crippen LogP contribution >= 0.6 is 0 Å². The van der Waals surface area contributed by atoms with E-state index in [1.54, 1.807) is 10.4 Å². The third-order valence-electron chi connectivity index (χ3n) is 9.29. The molecule has 1 saturated heterocycles. The minimum atomic E-state index is -2.24. The van der Waals surface area contributed by atoms with Crippen LogP contribution in [0.1, 0.15) is 26.2 Å². The third kappa shape index (κ3) is 3.64. The van der Waals surface area contributed by atoms with Crippen LogP contribution in [0.4, 0.5) is 0 Å². The molecule has 0 radical (unpaired) electrons. The molecule has 0 saturated carbocycles. The predicted molar refractivity (Wildman–Crippen MR) is 163 cm³/mol. The molecule has 1 aliphatic heterocycles. The van der Waals surface area contributed by atoms with E-state index in [4.69, 9.17) is 4.74 Å². The number of aromatic nitrogens is 1. The molecule has 4 atom stereocenters. The van der Waals surface area contributed by atoms with Gasteiger partial charge in [-0.3, -0.25) is 0 Å². The number of hydrogen-bond donors (Lipinski definition) is 0. The van der Waals surface area contributed by atoms with Crippen molar-refractivity contribution in [1.82, 2.24) is 4.57 Å². The minimum absolute atomic E-state index is 0.567. The molecule has 38 heavy (non-hydrogen) atoms. The summed E-state index contributed by atoms with van der Waals surface area (Å²) in [5, 5.41) is 5.86. The van der Waals surface area contributed by atoms with Gasteiger partial charge in [0.25, 0.3) is 0 Å². The van der Waals surface area contributed by atoms with Crippen LogP contribution < -0.4 is 10.4 Å². The number of nitrogens with zero attached hydrogens (tertiary/aromatic N) is 1. The zero-order valence-corrected chi connectivity index (χ0v) is 23.1. The summed E-state index contributed by atoms with van der Waals surface area (Å²) in [5.74, 6) is 0.567. The first-order valence-corrected chi connectivity index (χ1v) is 16.3. The van der Waals surface area contributed by atoms with Gasteiger partial charge in [-0.05, 0) is 60.5 Å². The number of allylic oxidation sites excluding steroid dienone is 2. The van der Waals surface area contributed by atoms with Crippen molar-refractivity contribution >= 4 is 40.3 Å². The first-order valence-electron chi connectivity index (χ1n) is 14.2. The van der Waals surface area contributed by atoms with Gasteiger partial charge in [-0.1, -0.05) is 108 Å². The monoisotopic (exact) mass is 513 g/mol. The van der Waals surface area contributed by atoms with E-state index in [-0.39, 0.29) is 0 Å². The van der Waals surface area contributed by atoms with Gasteiger partial charge in [0.15, 0.2) is 0 Å². The van der Waals surface area contributed by atoms with Gasteiger partial charge in [0.05, 0.1) is 11.0 Å². The van der Waals surface area contributed by atoms with E-state index < -0.39 is 8.07 Å². The Morgan fingerprint density at radius 1 is 0.737 bits per heavy atom. The molecule has 5 aromatic rings. The van der Waals surface area contributed by atoms with Crippen molar-refractivity contribution in [2.24, 2.45) is 5.92 Å². The van der Waals surface area contributed by atoms with Gasteiger partial charge >= 0.3 is 0 Å². The molecule has 2 nitrogen and oxygen atoms in total. The maximum absolute atomic E-state index is 6.16. The topological polar surface area (TPSA) is 14.2 Å². The molecule has 1 aromatic heterocycles. The van der Waals surface area contributed by atoms with Crippen molar-refractivity contribution in [3.8, 4) is 5.69 Å². The van der Waals surface area contributed by atoms with E-state index >= 15 is 0 Å². The molecule has 1 aliphatic carbocycles. The van der Waals surface area contributed by atoms with Crippen LogP contribution in [-0.2, 0) is 4.74 Å². The lowest BCUT2D eigenvalue weighted by atomic mass is 9.97. The Kier molecular flexibility index (Phi) is 6.06. The molecule has 2 aliphatic rings. The van der Waals surface area contributed by atoms with Crippen LogP contribution in [0.15, 0.2) is 115 Å². The molecule has 3 heteroatoms. The van der Waals surface area contributed by atoms with Crippen molar-refractivity contribution < 1.29 is 4.74 Å². The van der Waals surface area contributed by atoms with Gasteiger partial charge in [-0.2, -0.15) is 0 Å². The number of fused-ring (bicyclic) bond motifs is 3. The summed E-state index contributed by atoms with van der Waals surface area (Å²) in [4.78, 5) is 0. The molecule has 1 fully saturated rings. The highest BCUT2D eigenvalue weighted by molar-refractivity contribution is 7.04. The van der Waals surface area contributed by atoms with Gasteiger partial charge in [-0.25, -0.2) is 0 Å². The number of para-hydroxylation sites is 2. The Balaban J connectivity index is 1.54. The molecule has 4 aromatic carbocycles. The summed E-state index contributed by atoms with van der Waals surface area (Å²) < 4.78 is 8.60. The maximum Gasteiger partial charge on any atom is 0.127 e. The number of benzene rings is 4. The van der Waals surface area contributed by atoms with Crippen LogP contribution in [0.3, 0.4) is 0 Å². The number of ether oxygens (including phenoxy) is 1. The Hall–Kier alpha value is -3.40. The molecule has 0 amide bonds. The van der Waals surface area contributed by atoms with Crippen LogP contribution in [0.2, 0.25) is 11.1 Å². The van der Waals surface area contributed by atoms with Crippen molar-refractivity contribution in [2.45, 2.75) is 37.3 Å². The van der Waals surface area contributed by atoms with Crippen molar-refractivity contribution in [3.05, 3.63) is 115 Å². The number of hydrogen-bond acceptors (Lipinski definition) is 1. The van der Waals surface area contributed by atoms with E-state index in [0.717, 1.165) is 19.6 Å². The maximum atomic E-state index is 6.16. The predicted octanol–water partition coefficient (Wildman–Crippen LogP) is 7.49. The Morgan fingerprint density at radius 3 is 2.24 bits per heavy atom. The smallest absolute Gasteiger partial charge is 0.127 e. The van der Waals surface area contributed by atoms with Gasteiger partial charge in [0.2, 0.25) is 0 Å². The molecular weight excluding hydrogens is 478 g/mol. The van der Waals surface area contributed by atoms with E-state index in [1.807, 2.05) is 0 Å². The first kappa shape index (κ1) is 23.7. The summed E-state index contributed by atoms with van der Waals surface area (Å²) in [6.45, 7) is 4.23. The molecule has 4 unspecified atom stereocenters. The second kappa shape index (κ2) is 9.72. The SMILES string of the molecule is CC1C=CCCC1[Si](c1ccccc1)(c1ccc2c(c1)c1ccccc1n2-c1ccccc1)C1CCOC1. The van der Waals surface area contributed by atoms with Crippen LogP contribution in [0.5, 0.6) is 0 Å². The second-order valence-electron chi connectivity index (χ2n) is 11.2. The van der Waals surface area contributed by atoms with E-state index in [2.05, 4.69) is 127 Å². The van der Waals surface area contributed by atoms with Gasteiger partial charge in [0, 0.05) is 29.7 Å². The van der Waals surface area contributed by atoms with E-state index in [1.165, 1.54) is 40.3 Å². The average molecular weight is 514 g/mol. The van der Waals surface area contributed by atoms with Crippen molar-refractivity contribution in [2.75, 3.05) is 13.2 Å². The van der Waals surface area contributed by atoms with E-state index in [9.17, 15) is 0 Å². The lowest BCUT2D eigenvalue weighted by Gasteiger charge is -2.47. The van der Waals surface area contributed by atoms with Gasteiger partial charge in [-0.15, -0.1) is 0 Å². The molecule has 0 N–H and O–H groups in total. The van der Waals surface area contributed by atoms with Crippen LogP contribution in [0.25, 0.3) is 27.5 Å². The Labute approximate surface area is 226 Å². The first-order chi connectivity index (χ1) is 18.8. The zero-order chi connectivity index (χ0) is 25.5. The highest BCUT2D eigenvalue weighted by Crippen LogP contribution is 2.47. The van der Waals surface area contributed by atoms with Crippen molar-refractivity contribution in [3.63, 3.8) is 0 Å². The van der Waals surface area contributed by atoms with Gasteiger partial charge < -0.3 is 9.30 Å². The van der Waals surface area contributed by atoms with Crippen molar-refractivity contribution in [1.29, 1.82) is 0 Å². The summed E-state index contributed by atoms with van der Waals surface area (Å²) in [6.07, 6.45) is 8.51. The van der Waals surface area contributed by atoms with Gasteiger partial charge in [0.1, 0.15) is 8.07 Å². The molecule has 0 spiro atoms. The molecule has 2 heterocycles. The minimum Gasteiger partial charge on any atom is -0.381 e. The zero-order valence-electron chi connectivity index (χ0n) is 22.1. The average Bonchev–Trinajstić information content (AvgIpc) is 3.63.